The van der Waals surface area contributed by atoms with Gasteiger partial charge >= 0.3 is 5.97 Å². The molecule has 0 aliphatic carbocycles. The molecule has 1 aliphatic heterocycles. The van der Waals surface area contributed by atoms with Crippen LogP contribution in [0, 0.1) is 0 Å². The first-order valence-corrected chi connectivity index (χ1v) is 5.97. The quantitative estimate of drug-likeness (QED) is 0.753. The van der Waals surface area contributed by atoms with Gasteiger partial charge in [-0.2, -0.15) is 0 Å². The molecule has 0 unspecified atom stereocenters. The van der Waals surface area contributed by atoms with E-state index in [2.05, 4.69) is 12.1 Å². The van der Waals surface area contributed by atoms with Gasteiger partial charge in [-0.15, -0.1) is 0 Å². The second-order valence-electron chi connectivity index (χ2n) is 4.51. The Kier molecular flexibility index (Phi) is 3.79. The zero-order valence-electron chi connectivity index (χ0n) is 10.1. The highest BCUT2D eigenvalue weighted by Crippen LogP contribution is 2.38. The fourth-order valence-corrected chi connectivity index (χ4v) is 2.47. The maximum Gasteiger partial charge on any atom is 0.306 e. The van der Waals surface area contributed by atoms with E-state index < -0.39 is 0 Å². The molecule has 1 aliphatic rings. The Balaban J connectivity index is 2.26. The molecular formula is C14H18O3. The molecule has 1 fully saturated rings. The van der Waals surface area contributed by atoms with Crippen molar-refractivity contribution in [2.45, 2.75) is 24.7 Å². The van der Waals surface area contributed by atoms with Crippen LogP contribution in [0.1, 0.15) is 24.8 Å². The topological polar surface area (TPSA) is 35.5 Å². The van der Waals surface area contributed by atoms with Gasteiger partial charge in [0.25, 0.3) is 0 Å². The summed E-state index contributed by atoms with van der Waals surface area (Å²) in [6.45, 7) is 1.43. The molecule has 1 heterocycles. The van der Waals surface area contributed by atoms with Crippen molar-refractivity contribution in [3.63, 3.8) is 0 Å². The molecule has 3 nitrogen and oxygen atoms in total. The summed E-state index contributed by atoms with van der Waals surface area (Å²) >= 11 is 0. The van der Waals surface area contributed by atoms with Crippen LogP contribution in [0.25, 0.3) is 0 Å². The number of methoxy groups -OCH3 is 1. The standard InChI is InChI=1S/C14H18O3/c1-16-13(15)11-14(7-9-17-10-8-14)12-5-3-2-4-6-12/h2-6H,7-11H2,1H3. The Morgan fingerprint density at radius 3 is 2.53 bits per heavy atom. The molecule has 0 spiro atoms. The van der Waals surface area contributed by atoms with Crippen molar-refractivity contribution in [2.75, 3.05) is 20.3 Å². The smallest absolute Gasteiger partial charge is 0.306 e. The van der Waals surface area contributed by atoms with Crippen LogP contribution >= 0.6 is 0 Å². The van der Waals surface area contributed by atoms with Crippen LogP contribution < -0.4 is 0 Å². The zero-order chi connectivity index (χ0) is 12.1. The Bertz CT molecular complexity index is 366. The molecule has 3 heteroatoms. The lowest BCUT2D eigenvalue weighted by Crippen LogP contribution is -2.36. The first-order valence-electron chi connectivity index (χ1n) is 5.97. The zero-order valence-corrected chi connectivity index (χ0v) is 10.1. The highest BCUT2D eigenvalue weighted by atomic mass is 16.5. The van der Waals surface area contributed by atoms with Gasteiger partial charge in [0.05, 0.1) is 13.5 Å². The molecule has 1 saturated heterocycles. The van der Waals surface area contributed by atoms with E-state index in [1.54, 1.807) is 0 Å². The van der Waals surface area contributed by atoms with E-state index in [0.29, 0.717) is 19.6 Å². The summed E-state index contributed by atoms with van der Waals surface area (Å²) in [6.07, 6.45) is 2.20. The number of carbonyl (C=O) groups is 1. The van der Waals surface area contributed by atoms with Crippen molar-refractivity contribution < 1.29 is 14.3 Å². The number of esters is 1. The van der Waals surface area contributed by atoms with Crippen LogP contribution in [0.4, 0.5) is 0 Å². The normalized spacial score (nSPS) is 18.6. The van der Waals surface area contributed by atoms with Gasteiger partial charge in [0.15, 0.2) is 0 Å². The van der Waals surface area contributed by atoms with Crippen LogP contribution in [-0.2, 0) is 19.7 Å². The molecule has 0 radical (unpaired) electrons. The molecule has 0 amide bonds. The van der Waals surface area contributed by atoms with Gasteiger partial charge in [-0.3, -0.25) is 4.79 Å². The van der Waals surface area contributed by atoms with Crippen LogP contribution in [0.5, 0.6) is 0 Å². The second-order valence-corrected chi connectivity index (χ2v) is 4.51. The molecule has 2 rings (SSSR count). The predicted octanol–water partition coefficient (Wildman–Crippen LogP) is 2.30. The first kappa shape index (κ1) is 12.1. The number of benzene rings is 1. The summed E-state index contributed by atoms with van der Waals surface area (Å²) in [5.74, 6) is -0.143. The summed E-state index contributed by atoms with van der Waals surface area (Å²) in [5.41, 5.74) is 1.11. The van der Waals surface area contributed by atoms with Gasteiger partial charge in [0.1, 0.15) is 0 Å². The Morgan fingerprint density at radius 1 is 1.29 bits per heavy atom. The Hall–Kier alpha value is -1.35. The van der Waals surface area contributed by atoms with Crippen LogP contribution in [0.15, 0.2) is 30.3 Å². The number of rotatable bonds is 3. The maximum atomic E-state index is 11.6. The van der Waals surface area contributed by atoms with Crippen LogP contribution in [-0.4, -0.2) is 26.3 Å². The lowest BCUT2D eigenvalue weighted by Gasteiger charge is -2.36. The fourth-order valence-electron chi connectivity index (χ4n) is 2.47. The molecule has 0 aromatic heterocycles. The molecule has 0 atom stereocenters. The van der Waals surface area contributed by atoms with Gasteiger partial charge in [-0.25, -0.2) is 0 Å². The predicted molar refractivity (Wildman–Crippen MR) is 64.8 cm³/mol. The summed E-state index contributed by atoms with van der Waals surface area (Å²) < 4.78 is 10.2. The third kappa shape index (κ3) is 2.67. The fraction of sp³-hybridized carbons (Fsp3) is 0.500. The van der Waals surface area contributed by atoms with Crippen molar-refractivity contribution in [2.24, 2.45) is 0 Å². The van der Waals surface area contributed by atoms with Gasteiger partial charge in [0, 0.05) is 18.6 Å². The maximum absolute atomic E-state index is 11.6. The van der Waals surface area contributed by atoms with Crippen molar-refractivity contribution in [3.05, 3.63) is 35.9 Å². The summed E-state index contributed by atoms with van der Waals surface area (Å²) in [6, 6.07) is 10.2. The minimum Gasteiger partial charge on any atom is -0.469 e. The number of carbonyl (C=O) groups excluding carboxylic acids is 1. The first-order chi connectivity index (χ1) is 8.27. The number of hydrogen-bond donors (Lipinski definition) is 0. The van der Waals surface area contributed by atoms with Gasteiger partial charge in [-0.05, 0) is 18.4 Å². The molecular weight excluding hydrogens is 216 g/mol. The van der Waals surface area contributed by atoms with E-state index in [9.17, 15) is 4.79 Å². The SMILES string of the molecule is COC(=O)CC1(c2ccccc2)CCOCC1. The minimum absolute atomic E-state index is 0.105. The molecule has 92 valence electrons. The molecule has 0 N–H and O–H groups in total. The van der Waals surface area contributed by atoms with E-state index in [1.807, 2.05) is 18.2 Å². The van der Waals surface area contributed by atoms with E-state index >= 15 is 0 Å². The average Bonchev–Trinajstić information content (AvgIpc) is 2.40. The molecule has 1 aromatic rings. The molecule has 0 saturated carbocycles. The largest absolute Gasteiger partial charge is 0.469 e. The van der Waals surface area contributed by atoms with Crippen molar-refractivity contribution in [3.8, 4) is 0 Å². The highest BCUT2D eigenvalue weighted by Gasteiger charge is 2.36. The molecule has 0 bridgehead atoms. The number of ether oxygens (including phenoxy) is 2. The molecule has 17 heavy (non-hydrogen) atoms. The van der Waals surface area contributed by atoms with E-state index in [-0.39, 0.29) is 11.4 Å². The van der Waals surface area contributed by atoms with Gasteiger partial charge in [0.2, 0.25) is 0 Å². The van der Waals surface area contributed by atoms with Crippen molar-refractivity contribution in [1.82, 2.24) is 0 Å². The average molecular weight is 234 g/mol. The number of hydrogen-bond acceptors (Lipinski definition) is 3. The van der Waals surface area contributed by atoms with E-state index in [4.69, 9.17) is 9.47 Å². The lowest BCUT2D eigenvalue weighted by atomic mass is 9.72. The lowest BCUT2D eigenvalue weighted by molar-refractivity contribution is -0.143. The molecule has 1 aromatic carbocycles. The highest BCUT2D eigenvalue weighted by molar-refractivity contribution is 5.71. The van der Waals surface area contributed by atoms with E-state index in [0.717, 1.165) is 12.8 Å². The summed E-state index contributed by atoms with van der Waals surface area (Å²) in [5, 5.41) is 0. The van der Waals surface area contributed by atoms with Gasteiger partial charge in [-0.1, -0.05) is 30.3 Å². The van der Waals surface area contributed by atoms with Crippen molar-refractivity contribution in [1.29, 1.82) is 0 Å². The van der Waals surface area contributed by atoms with Crippen LogP contribution in [0.3, 0.4) is 0 Å². The monoisotopic (exact) mass is 234 g/mol. The minimum atomic E-state index is -0.143. The van der Waals surface area contributed by atoms with Gasteiger partial charge < -0.3 is 9.47 Å². The Labute approximate surface area is 102 Å². The third-order valence-electron chi connectivity index (χ3n) is 3.55. The van der Waals surface area contributed by atoms with E-state index in [1.165, 1.54) is 12.7 Å². The summed E-state index contributed by atoms with van der Waals surface area (Å²) in [4.78, 5) is 11.6. The Morgan fingerprint density at radius 2 is 1.94 bits per heavy atom. The van der Waals surface area contributed by atoms with Crippen molar-refractivity contribution >= 4 is 5.97 Å². The third-order valence-corrected chi connectivity index (χ3v) is 3.55. The summed E-state index contributed by atoms with van der Waals surface area (Å²) in [7, 11) is 1.44. The van der Waals surface area contributed by atoms with Crippen LogP contribution in [0.2, 0.25) is 0 Å². The second kappa shape index (κ2) is 5.32.